The van der Waals surface area contributed by atoms with Gasteiger partial charge in [0.1, 0.15) is 0 Å². The topological polar surface area (TPSA) is 122 Å². The van der Waals surface area contributed by atoms with E-state index < -0.39 is 0 Å². The molecule has 0 radical (unpaired) electrons. The summed E-state index contributed by atoms with van der Waals surface area (Å²) in [6, 6.07) is 130. The fourth-order valence-corrected chi connectivity index (χ4v) is 16.5. The van der Waals surface area contributed by atoms with Crippen LogP contribution >= 0.6 is 0 Å². The molecule has 4 heterocycles. The van der Waals surface area contributed by atoms with Crippen LogP contribution in [-0.4, -0.2) is 34.1 Å². The monoisotopic (exact) mass is 1400 g/mol. The van der Waals surface area contributed by atoms with E-state index in [1.54, 1.807) is 0 Å². The highest BCUT2D eigenvalue weighted by Gasteiger charge is 2.22. The number of nitrogens with zero attached hydrogens (tertiary/aromatic N) is 9. The predicted molar refractivity (Wildman–Crippen MR) is 451 cm³/mol. The summed E-state index contributed by atoms with van der Waals surface area (Å²) in [6.07, 6.45) is 0. The average Bonchev–Trinajstić information content (AvgIpc) is 1.31. The van der Waals surface area contributed by atoms with E-state index in [2.05, 4.69) is 246 Å². The minimum absolute atomic E-state index is 0.645. The molecule has 0 fully saturated rings. The zero-order valence-electron chi connectivity index (χ0n) is 59.1. The van der Waals surface area contributed by atoms with Gasteiger partial charge in [-0.2, -0.15) is 10.5 Å². The Balaban J connectivity index is 0.000000140. The molecule has 22 aromatic rings. The Bertz CT molecular complexity index is 6810. The van der Waals surface area contributed by atoms with E-state index in [0.717, 1.165) is 144 Å². The summed E-state index contributed by atoms with van der Waals surface area (Å²) in [5.41, 5.74) is 20.2. The SMILES string of the molecule is N#Cc1ccc2c(c1)c1cc(-c3cc4ccc5cc(-c6nc(-c7ccccc7)cc(-c7ccccc7)n6)cc6ccc(c3)c4c56)ccc1n2-c1ccccc1.N#Cc1ccc2c(c1)c1cc(-c3cc4ccc5cc(-c6nc(-c7ccccc7)nc(-c7ccccc7)n6)cc6ccc(c3)c4c56)ccc1n2-c1ccccc1. The van der Waals surface area contributed by atoms with E-state index in [1.165, 1.54) is 43.1 Å². The van der Waals surface area contributed by atoms with Crippen molar-refractivity contribution in [2.45, 2.75) is 0 Å². The molecule has 0 aliphatic carbocycles. The van der Waals surface area contributed by atoms with Crippen molar-refractivity contribution in [1.29, 1.82) is 10.5 Å². The highest BCUT2D eigenvalue weighted by molar-refractivity contribution is 6.26. The molecular weight excluding hydrogens is 1340 g/mol. The zero-order chi connectivity index (χ0) is 72.9. The molecule has 0 bridgehead atoms. The lowest BCUT2D eigenvalue weighted by atomic mass is 9.90. The quantitative estimate of drug-likeness (QED) is 0.125. The highest BCUT2D eigenvalue weighted by atomic mass is 15.0. The Morgan fingerprint density at radius 1 is 0.200 bits per heavy atom. The first-order valence-electron chi connectivity index (χ1n) is 36.8. The Morgan fingerprint density at radius 2 is 0.464 bits per heavy atom. The van der Waals surface area contributed by atoms with Crippen LogP contribution in [0.2, 0.25) is 0 Å². The van der Waals surface area contributed by atoms with Gasteiger partial charge in [-0.25, -0.2) is 24.9 Å². The zero-order valence-corrected chi connectivity index (χ0v) is 59.1. The van der Waals surface area contributed by atoms with Crippen molar-refractivity contribution < 1.29 is 0 Å². The maximum Gasteiger partial charge on any atom is 0.164 e. The lowest BCUT2D eigenvalue weighted by Crippen LogP contribution is -2.00. The average molecular weight is 1400 g/mol. The molecule has 0 atom stereocenters. The number of nitriles is 2. The third-order valence-electron chi connectivity index (χ3n) is 21.6. The van der Waals surface area contributed by atoms with Gasteiger partial charge in [0.15, 0.2) is 23.3 Å². The van der Waals surface area contributed by atoms with Crippen LogP contribution in [0.25, 0.3) is 210 Å². The van der Waals surface area contributed by atoms with Crippen molar-refractivity contribution in [3.63, 3.8) is 0 Å². The molecule has 18 aromatic carbocycles. The molecule has 0 aliphatic rings. The number of benzene rings is 18. The molecular formula is C101H59N9. The molecule has 508 valence electrons. The minimum Gasteiger partial charge on any atom is -0.309 e. The highest BCUT2D eigenvalue weighted by Crippen LogP contribution is 2.45. The maximum atomic E-state index is 9.78. The van der Waals surface area contributed by atoms with Crippen LogP contribution in [0.3, 0.4) is 0 Å². The van der Waals surface area contributed by atoms with Gasteiger partial charge in [0.2, 0.25) is 0 Å². The summed E-state index contributed by atoms with van der Waals surface area (Å²) in [7, 11) is 0. The maximum absolute atomic E-state index is 9.78. The number of aromatic nitrogens is 7. The van der Waals surface area contributed by atoms with Crippen LogP contribution in [0.1, 0.15) is 11.1 Å². The molecule has 0 aliphatic heterocycles. The lowest BCUT2D eigenvalue weighted by molar-refractivity contribution is 1.07. The van der Waals surface area contributed by atoms with Gasteiger partial charge >= 0.3 is 0 Å². The lowest BCUT2D eigenvalue weighted by Gasteiger charge is -2.15. The van der Waals surface area contributed by atoms with Crippen molar-refractivity contribution in [3.05, 3.63) is 369 Å². The second-order valence-electron chi connectivity index (χ2n) is 28.2. The molecule has 4 aromatic heterocycles. The second-order valence-corrected chi connectivity index (χ2v) is 28.2. The molecule has 9 heteroatoms. The standard InChI is InChI=1S/C51H30N4.C50H29N5/c52-31-32-16-22-47-43(24-32)44-29-35(21-23-48(44)55(47)42-14-8-3-9-15-42)40-25-36-17-19-38-27-41(28-39-20-18-37(26-40)49(36)50(38)39)51-53-45(33-10-4-1-5-11-33)30-46(54-51)34-12-6-2-7-13-34;51-30-31-16-22-44-42(24-31)43-29-34(21-23-45(43)55(44)41-14-8-3-9-15-41)39-25-35-17-19-37-27-40(28-38-20-18-36(26-39)46(35)47(37)38)50-53-48(32-10-4-1-5-11-32)52-49(54-50)33-12-6-2-7-13-33/h1-30H;1-29H. The van der Waals surface area contributed by atoms with Gasteiger partial charge in [-0.05, 0) is 226 Å². The summed E-state index contributed by atoms with van der Waals surface area (Å²) >= 11 is 0. The van der Waals surface area contributed by atoms with E-state index in [-0.39, 0.29) is 0 Å². The summed E-state index contributed by atoms with van der Waals surface area (Å²) in [4.78, 5) is 25.2. The summed E-state index contributed by atoms with van der Waals surface area (Å²) in [5, 5.41) is 38.3. The van der Waals surface area contributed by atoms with E-state index >= 15 is 0 Å². The van der Waals surface area contributed by atoms with E-state index in [4.69, 9.17) is 24.9 Å². The fourth-order valence-electron chi connectivity index (χ4n) is 16.5. The van der Waals surface area contributed by atoms with Crippen molar-refractivity contribution in [2.75, 3.05) is 0 Å². The first-order chi connectivity index (χ1) is 54.4. The van der Waals surface area contributed by atoms with Gasteiger partial charge in [-0.15, -0.1) is 0 Å². The van der Waals surface area contributed by atoms with Gasteiger partial charge in [-0.1, -0.05) is 218 Å². The first-order valence-corrected chi connectivity index (χ1v) is 36.8. The second kappa shape index (κ2) is 25.8. The van der Waals surface area contributed by atoms with Crippen LogP contribution in [0, 0.1) is 22.7 Å². The molecule has 110 heavy (non-hydrogen) atoms. The van der Waals surface area contributed by atoms with Crippen LogP contribution in [-0.2, 0) is 0 Å². The van der Waals surface area contributed by atoms with Crippen molar-refractivity contribution >= 4 is 108 Å². The van der Waals surface area contributed by atoms with E-state index in [0.29, 0.717) is 34.4 Å². The van der Waals surface area contributed by atoms with Crippen LogP contribution in [0.5, 0.6) is 0 Å². The van der Waals surface area contributed by atoms with Gasteiger partial charge in [0.05, 0.1) is 56.7 Å². The smallest absolute Gasteiger partial charge is 0.164 e. The summed E-state index contributed by atoms with van der Waals surface area (Å²) in [5.74, 6) is 2.65. The van der Waals surface area contributed by atoms with Gasteiger partial charge in [0.25, 0.3) is 0 Å². The van der Waals surface area contributed by atoms with Gasteiger partial charge in [-0.3, -0.25) is 0 Å². The summed E-state index contributed by atoms with van der Waals surface area (Å²) in [6.45, 7) is 0. The third-order valence-corrected chi connectivity index (χ3v) is 21.6. The number of fused-ring (bicyclic) bond motifs is 6. The van der Waals surface area contributed by atoms with E-state index in [1.807, 2.05) is 133 Å². The Kier molecular flexibility index (Phi) is 14.8. The number of rotatable bonds is 10. The van der Waals surface area contributed by atoms with Crippen LogP contribution < -0.4 is 0 Å². The van der Waals surface area contributed by atoms with Gasteiger partial charge < -0.3 is 9.13 Å². The molecule has 0 saturated carbocycles. The number of hydrogen-bond donors (Lipinski definition) is 0. The number of para-hydroxylation sites is 2. The molecule has 0 spiro atoms. The summed E-state index contributed by atoms with van der Waals surface area (Å²) < 4.78 is 4.57. The molecule has 0 amide bonds. The normalized spacial score (nSPS) is 11.6. The fraction of sp³-hybridized carbons (Fsp3) is 0. The largest absolute Gasteiger partial charge is 0.309 e. The van der Waals surface area contributed by atoms with Gasteiger partial charge in [0, 0.05) is 66.3 Å². The Labute approximate surface area is 631 Å². The Morgan fingerprint density at radius 3 is 0.782 bits per heavy atom. The van der Waals surface area contributed by atoms with Crippen LogP contribution in [0.4, 0.5) is 0 Å². The molecule has 22 rings (SSSR count). The third kappa shape index (κ3) is 10.8. The molecule has 0 saturated heterocycles. The van der Waals surface area contributed by atoms with Crippen molar-refractivity contribution in [3.8, 4) is 114 Å². The molecule has 0 unspecified atom stereocenters. The minimum atomic E-state index is 0.645. The first kappa shape index (κ1) is 63.2. The van der Waals surface area contributed by atoms with Crippen molar-refractivity contribution in [1.82, 2.24) is 34.1 Å². The molecule has 0 N–H and O–H groups in total. The van der Waals surface area contributed by atoms with Crippen molar-refractivity contribution in [2.24, 2.45) is 0 Å². The Hall–Kier alpha value is -15.3. The number of hydrogen-bond acceptors (Lipinski definition) is 7. The molecule has 9 nitrogen and oxygen atoms in total. The predicted octanol–water partition coefficient (Wildman–Crippen LogP) is 25.4. The van der Waals surface area contributed by atoms with E-state index in [9.17, 15) is 10.5 Å². The van der Waals surface area contributed by atoms with Crippen LogP contribution in [0.15, 0.2) is 358 Å².